The first-order valence-corrected chi connectivity index (χ1v) is 5.59. The number of nitro benzene ring substituents is 1. The van der Waals surface area contributed by atoms with Gasteiger partial charge in [0.1, 0.15) is 6.61 Å². The summed E-state index contributed by atoms with van der Waals surface area (Å²) in [5, 5.41) is 24.0. The van der Waals surface area contributed by atoms with Crippen LogP contribution in [0.4, 0.5) is 5.69 Å². The van der Waals surface area contributed by atoms with Crippen molar-refractivity contribution >= 4 is 5.69 Å². The van der Waals surface area contributed by atoms with E-state index in [1.807, 2.05) is 0 Å². The molecule has 7 nitrogen and oxygen atoms in total. The van der Waals surface area contributed by atoms with Crippen molar-refractivity contribution in [3.05, 3.63) is 51.8 Å². The summed E-state index contributed by atoms with van der Waals surface area (Å²) >= 11 is 0. The molecule has 0 unspecified atom stereocenters. The first-order chi connectivity index (χ1) is 9.10. The molecule has 0 saturated carbocycles. The lowest BCUT2D eigenvalue weighted by Gasteiger charge is -2.06. The Labute approximate surface area is 109 Å². The molecular weight excluding hydrogens is 250 g/mol. The predicted octanol–water partition coefficient (Wildman–Crippen LogP) is 1.40. The zero-order chi connectivity index (χ0) is 13.8. The zero-order valence-corrected chi connectivity index (χ0v) is 10.3. The van der Waals surface area contributed by atoms with E-state index in [1.54, 1.807) is 24.0 Å². The van der Waals surface area contributed by atoms with E-state index in [0.717, 1.165) is 0 Å². The van der Waals surface area contributed by atoms with Gasteiger partial charge < -0.3 is 9.84 Å². The number of hydrogen-bond acceptors (Lipinski definition) is 5. The zero-order valence-electron chi connectivity index (χ0n) is 10.3. The van der Waals surface area contributed by atoms with Gasteiger partial charge in [0.25, 0.3) is 0 Å². The van der Waals surface area contributed by atoms with Gasteiger partial charge in [0.15, 0.2) is 5.75 Å². The highest BCUT2D eigenvalue weighted by molar-refractivity contribution is 5.48. The van der Waals surface area contributed by atoms with Gasteiger partial charge in [0.05, 0.1) is 17.2 Å². The maximum Gasteiger partial charge on any atom is 0.310 e. The monoisotopic (exact) mass is 263 g/mol. The molecule has 0 amide bonds. The van der Waals surface area contributed by atoms with Gasteiger partial charge in [0.2, 0.25) is 0 Å². The summed E-state index contributed by atoms with van der Waals surface area (Å²) < 4.78 is 7.03. The molecule has 100 valence electrons. The largest absolute Gasteiger partial charge is 0.480 e. The van der Waals surface area contributed by atoms with Crippen molar-refractivity contribution < 1.29 is 14.8 Å². The number of nitro groups is 1. The van der Waals surface area contributed by atoms with Crippen molar-refractivity contribution in [3.63, 3.8) is 0 Å². The van der Waals surface area contributed by atoms with Gasteiger partial charge in [0, 0.05) is 19.3 Å². The van der Waals surface area contributed by atoms with Crippen LogP contribution in [0.25, 0.3) is 0 Å². The molecule has 0 fully saturated rings. The number of benzene rings is 1. The van der Waals surface area contributed by atoms with Crippen LogP contribution in [0.1, 0.15) is 11.3 Å². The summed E-state index contributed by atoms with van der Waals surface area (Å²) in [6, 6.07) is 6.04. The molecule has 0 aliphatic carbocycles. The summed E-state index contributed by atoms with van der Waals surface area (Å²) in [6.07, 6.45) is 1.76. The molecule has 7 heteroatoms. The number of rotatable bonds is 5. The van der Waals surface area contributed by atoms with E-state index in [4.69, 9.17) is 9.84 Å². The summed E-state index contributed by atoms with van der Waals surface area (Å²) in [6.45, 7) is -0.0610. The summed E-state index contributed by atoms with van der Waals surface area (Å²) in [7, 11) is 1.78. The van der Waals surface area contributed by atoms with Gasteiger partial charge in [-0.2, -0.15) is 5.10 Å². The molecule has 0 radical (unpaired) electrons. The van der Waals surface area contributed by atoms with E-state index in [-0.39, 0.29) is 24.7 Å². The van der Waals surface area contributed by atoms with Crippen molar-refractivity contribution in [1.82, 2.24) is 9.78 Å². The first kappa shape index (κ1) is 13.0. The first-order valence-electron chi connectivity index (χ1n) is 5.59. The molecule has 1 aromatic heterocycles. The molecular formula is C12H13N3O4. The average molecular weight is 263 g/mol. The second-order valence-corrected chi connectivity index (χ2v) is 3.99. The fourth-order valence-corrected chi connectivity index (χ4v) is 1.62. The van der Waals surface area contributed by atoms with Gasteiger partial charge in [-0.1, -0.05) is 0 Å². The Hall–Kier alpha value is -2.41. The minimum atomic E-state index is -0.519. The number of hydrogen-bond donors (Lipinski definition) is 1. The van der Waals surface area contributed by atoms with Crippen LogP contribution in [-0.4, -0.2) is 19.8 Å². The average Bonchev–Trinajstić information content (AvgIpc) is 2.81. The van der Waals surface area contributed by atoms with Gasteiger partial charge in [-0.05, 0) is 23.8 Å². The molecule has 1 N–H and O–H groups in total. The van der Waals surface area contributed by atoms with Crippen LogP contribution in [0.2, 0.25) is 0 Å². The summed E-state index contributed by atoms with van der Waals surface area (Å²) in [5.41, 5.74) is 1.10. The van der Waals surface area contributed by atoms with Crippen LogP contribution in [0.3, 0.4) is 0 Å². The topological polar surface area (TPSA) is 90.4 Å². The Morgan fingerprint density at radius 1 is 1.47 bits per heavy atom. The van der Waals surface area contributed by atoms with E-state index in [1.165, 1.54) is 18.2 Å². The van der Waals surface area contributed by atoms with Crippen molar-refractivity contribution in [2.45, 2.75) is 13.2 Å². The minimum Gasteiger partial charge on any atom is -0.480 e. The van der Waals surface area contributed by atoms with Gasteiger partial charge in [-0.15, -0.1) is 0 Å². The lowest BCUT2D eigenvalue weighted by Crippen LogP contribution is -2.01. The van der Waals surface area contributed by atoms with Gasteiger partial charge in [-0.3, -0.25) is 14.8 Å². The second-order valence-electron chi connectivity index (χ2n) is 3.99. The van der Waals surface area contributed by atoms with Crippen molar-refractivity contribution in [2.24, 2.45) is 7.05 Å². The standard InChI is InChI=1S/C12H13N3O4/c1-14-5-4-10(13-14)8-19-12-6-9(7-16)2-3-11(12)15(17)18/h2-6,16H,7-8H2,1H3. The quantitative estimate of drug-likeness (QED) is 0.650. The van der Waals surface area contributed by atoms with Crippen LogP contribution < -0.4 is 4.74 Å². The fraction of sp³-hybridized carbons (Fsp3) is 0.250. The van der Waals surface area contributed by atoms with Crippen LogP contribution >= 0.6 is 0 Å². The Morgan fingerprint density at radius 2 is 2.26 bits per heavy atom. The third-order valence-electron chi connectivity index (χ3n) is 2.55. The maximum absolute atomic E-state index is 10.9. The highest BCUT2D eigenvalue weighted by atomic mass is 16.6. The van der Waals surface area contributed by atoms with E-state index in [9.17, 15) is 10.1 Å². The van der Waals surface area contributed by atoms with Gasteiger partial charge >= 0.3 is 5.69 Å². The van der Waals surface area contributed by atoms with E-state index in [2.05, 4.69) is 5.10 Å². The Balaban J connectivity index is 2.19. The smallest absolute Gasteiger partial charge is 0.310 e. The maximum atomic E-state index is 10.9. The Morgan fingerprint density at radius 3 is 2.84 bits per heavy atom. The number of aliphatic hydroxyl groups excluding tert-OH is 1. The van der Waals surface area contributed by atoms with Crippen LogP contribution in [0.15, 0.2) is 30.5 Å². The molecule has 0 spiro atoms. The molecule has 0 atom stereocenters. The van der Waals surface area contributed by atoms with Crippen LogP contribution in [0.5, 0.6) is 5.75 Å². The summed E-state index contributed by atoms with van der Waals surface area (Å²) in [4.78, 5) is 10.4. The van der Waals surface area contributed by atoms with Crippen molar-refractivity contribution in [2.75, 3.05) is 0 Å². The Bertz CT molecular complexity index is 594. The van der Waals surface area contributed by atoms with Crippen molar-refractivity contribution in [1.29, 1.82) is 0 Å². The molecule has 2 aromatic rings. The van der Waals surface area contributed by atoms with Gasteiger partial charge in [-0.25, -0.2) is 0 Å². The van der Waals surface area contributed by atoms with Crippen LogP contribution in [-0.2, 0) is 20.3 Å². The number of aryl methyl sites for hydroxylation is 1. The predicted molar refractivity (Wildman–Crippen MR) is 66.6 cm³/mol. The summed E-state index contributed by atoms with van der Waals surface area (Å²) in [5.74, 6) is 0.127. The highest BCUT2D eigenvalue weighted by Crippen LogP contribution is 2.28. The normalized spacial score (nSPS) is 10.4. The molecule has 0 aliphatic rings. The second kappa shape index (κ2) is 5.49. The van der Waals surface area contributed by atoms with E-state index >= 15 is 0 Å². The van der Waals surface area contributed by atoms with Crippen LogP contribution in [0, 0.1) is 10.1 Å². The third kappa shape index (κ3) is 3.08. The number of aliphatic hydroxyl groups is 1. The molecule has 1 aromatic carbocycles. The molecule has 0 saturated heterocycles. The number of nitrogens with zero attached hydrogens (tertiary/aromatic N) is 3. The number of ether oxygens (including phenoxy) is 1. The lowest BCUT2D eigenvalue weighted by molar-refractivity contribution is -0.386. The highest BCUT2D eigenvalue weighted by Gasteiger charge is 2.16. The fourth-order valence-electron chi connectivity index (χ4n) is 1.62. The molecule has 2 rings (SSSR count). The molecule has 19 heavy (non-hydrogen) atoms. The SMILES string of the molecule is Cn1ccc(COc2cc(CO)ccc2[N+](=O)[O-])n1. The van der Waals surface area contributed by atoms with E-state index < -0.39 is 4.92 Å². The minimum absolute atomic E-state index is 0.127. The molecule has 1 heterocycles. The Kier molecular flexibility index (Phi) is 3.76. The third-order valence-corrected chi connectivity index (χ3v) is 2.55. The molecule has 0 aliphatic heterocycles. The number of aromatic nitrogens is 2. The van der Waals surface area contributed by atoms with Crippen molar-refractivity contribution in [3.8, 4) is 5.75 Å². The van der Waals surface area contributed by atoms with E-state index in [0.29, 0.717) is 11.3 Å². The molecule has 0 bridgehead atoms. The lowest BCUT2D eigenvalue weighted by atomic mass is 10.2.